The zero-order chi connectivity index (χ0) is 14.1. The molecule has 2 fully saturated rings. The monoisotopic (exact) mass is 273 g/mol. The van der Waals surface area contributed by atoms with Crippen LogP contribution < -0.4 is 11.3 Å². The predicted molar refractivity (Wildman–Crippen MR) is 80.4 cm³/mol. The number of nitrogen functional groups attached to an aromatic ring is 1. The van der Waals surface area contributed by atoms with Gasteiger partial charge in [0.15, 0.2) is 0 Å². The van der Waals surface area contributed by atoms with Gasteiger partial charge in [-0.2, -0.15) is 0 Å². The molecule has 2 aliphatic rings. The van der Waals surface area contributed by atoms with Crippen molar-refractivity contribution in [3.63, 3.8) is 0 Å². The van der Waals surface area contributed by atoms with Crippen molar-refractivity contribution in [2.45, 2.75) is 45.1 Å². The average molecular weight is 273 g/mol. The van der Waals surface area contributed by atoms with Gasteiger partial charge in [-0.05, 0) is 62.3 Å². The quantitative estimate of drug-likeness (QED) is 0.643. The first-order chi connectivity index (χ1) is 9.70. The van der Waals surface area contributed by atoms with Crippen molar-refractivity contribution in [1.29, 1.82) is 0 Å². The summed E-state index contributed by atoms with van der Waals surface area (Å²) in [6.45, 7) is 2.89. The van der Waals surface area contributed by atoms with Crippen LogP contribution in [0.15, 0.2) is 18.2 Å². The van der Waals surface area contributed by atoms with Crippen molar-refractivity contribution in [3.8, 4) is 0 Å². The van der Waals surface area contributed by atoms with Gasteiger partial charge in [0.05, 0.1) is 0 Å². The summed E-state index contributed by atoms with van der Waals surface area (Å²) in [6, 6.07) is 6.17. The van der Waals surface area contributed by atoms with Crippen LogP contribution in [0.5, 0.6) is 0 Å². The van der Waals surface area contributed by atoms with Crippen molar-refractivity contribution >= 4 is 11.6 Å². The lowest BCUT2D eigenvalue weighted by Gasteiger charge is -2.38. The number of carbonyl (C=O) groups excluding carboxylic acids is 1. The van der Waals surface area contributed by atoms with E-state index in [9.17, 15) is 4.79 Å². The number of rotatable bonds is 2. The number of nitrogens with two attached hydrogens (primary N) is 1. The van der Waals surface area contributed by atoms with E-state index >= 15 is 0 Å². The summed E-state index contributed by atoms with van der Waals surface area (Å²) in [4.78, 5) is 15.0. The molecule has 0 radical (unpaired) electrons. The van der Waals surface area contributed by atoms with Gasteiger partial charge in [0.2, 0.25) is 0 Å². The first kappa shape index (κ1) is 13.4. The van der Waals surface area contributed by atoms with Crippen molar-refractivity contribution in [2.75, 3.05) is 12.0 Å². The van der Waals surface area contributed by atoms with Crippen LogP contribution in [0.1, 0.15) is 48.0 Å². The number of piperidine rings is 1. The molecule has 108 valence electrons. The summed E-state index contributed by atoms with van der Waals surface area (Å²) in [5.41, 5.74) is 5.28. The highest BCUT2D eigenvalue weighted by Crippen LogP contribution is 2.37. The molecule has 1 saturated carbocycles. The maximum atomic E-state index is 12.8. The Labute approximate surface area is 120 Å². The molecule has 3 N–H and O–H groups in total. The highest BCUT2D eigenvalue weighted by Gasteiger charge is 2.37. The van der Waals surface area contributed by atoms with Gasteiger partial charge < -0.3 is 10.3 Å². The predicted octanol–water partition coefficient (Wildman–Crippen LogP) is 2.69. The lowest BCUT2D eigenvalue weighted by atomic mass is 9.91. The fourth-order valence-electron chi connectivity index (χ4n) is 3.85. The number of fused-ring (bicyclic) bond motifs is 1. The molecule has 0 spiro atoms. The molecule has 4 nitrogen and oxygen atoms in total. The summed E-state index contributed by atoms with van der Waals surface area (Å²) >= 11 is 0. The Morgan fingerprint density at radius 3 is 2.85 bits per heavy atom. The van der Waals surface area contributed by atoms with Crippen LogP contribution in [0.25, 0.3) is 0 Å². The minimum atomic E-state index is 0.197. The number of hydrogen-bond donors (Lipinski definition) is 2. The molecule has 1 saturated heterocycles. The van der Waals surface area contributed by atoms with E-state index in [2.05, 4.69) is 10.3 Å². The molecule has 0 bridgehead atoms. The van der Waals surface area contributed by atoms with E-state index < -0.39 is 0 Å². The zero-order valence-electron chi connectivity index (χ0n) is 12.1. The van der Waals surface area contributed by atoms with Crippen LogP contribution >= 0.6 is 0 Å². The summed E-state index contributed by atoms with van der Waals surface area (Å²) in [7, 11) is 0. The average Bonchev–Trinajstić information content (AvgIpc) is 2.94. The van der Waals surface area contributed by atoms with E-state index in [4.69, 9.17) is 5.84 Å². The number of carbonyl (C=O) groups is 1. The van der Waals surface area contributed by atoms with E-state index in [0.29, 0.717) is 6.04 Å². The Balaban J connectivity index is 1.84. The van der Waals surface area contributed by atoms with Crippen molar-refractivity contribution in [2.24, 2.45) is 11.8 Å². The number of hydrogen-bond acceptors (Lipinski definition) is 3. The normalized spacial score (nSPS) is 25.4. The maximum Gasteiger partial charge on any atom is 0.254 e. The van der Waals surface area contributed by atoms with Gasteiger partial charge in [-0.3, -0.25) is 10.6 Å². The van der Waals surface area contributed by atoms with Gasteiger partial charge in [-0.25, -0.2) is 0 Å². The van der Waals surface area contributed by atoms with Crippen molar-refractivity contribution < 1.29 is 4.79 Å². The molecule has 4 heteroatoms. The number of hydrazine groups is 1. The van der Waals surface area contributed by atoms with Gasteiger partial charge in [0.1, 0.15) is 0 Å². The molecule has 1 aliphatic carbocycles. The van der Waals surface area contributed by atoms with Crippen LogP contribution in [0.3, 0.4) is 0 Å². The van der Waals surface area contributed by atoms with E-state index in [-0.39, 0.29) is 5.91 Å². The van der Waals surface area contributed by atoms with Crippen LogP contribution in [-0.4, -0.2) is 23.4 Å². The molecule has 3 rings (SSSR count). The number of nitrogens with zero attached hydrogens (tertiary/aromatic N) is 1. The minimum Gasteiger partial charge on any atom is -0.335 e. The van der Waals surface area contributed by atoms with Crippen LogP contribution in [0, 0.1) is 12.8 Å². The molecular formula is C16H23N3O. The SMILES string of the molecule is Cc1cc(NN)ccc1C(=O)N1CCCC2CCCC21. The first-order valence-corrected chi connectivity index (χ1v) is 7.59. The Kier molecular flexibility index (Phi) is 3.66. The number of aryl methyl sites for hydroxylation is 1. The molecule has 1 heterocycles. The van der Waals surface area contributed by atoms with E-state index in [1.807, 2.05) is 25.1 Å². The Morgan fingerprint density at radius 1 is 1.30 bits per heavy atom. The van der Waals surface area contributed by atoms with Gasteiger partial charge in [-0.1, -0.05) is 6.42 Å². The third kappa shape index (κ3) is 2.29. The number of amides is 1. The third-order valence-electron chi connectivity index (χ3n) is 4.88. The molecule has 1 aliphatic heterocycles. The van der Waals surface area contributed by atoms with E-state index in [1.165, 1.54) is 25.7 Å². The Hall–Kier alpha value is -1.55. The lowest BCUT2D eigenvalue weighted by molar-refractivity contribution is 0.0547. The lowest BCUT2D eigenvalue weighted by Crippen LogP contribution is -2.46. The fraction of sp³-hybridized carbons (Fsp3) is 0.562. The highest BCUT2D eigenvalue weighted by atomic mass is 16.2. The zero-order valence-corrected chi connectivity index (χ0v) is 12.1. The van der Waals surface area contributed by atoms with E-state index in [1.54, 1.807) is 0 Å². The molecule has 2 atom stereocenters. The van der Waals surface area contributed by atoms with Crippen molar-refractivity contribution in [1.82, 2.24) is 4.90 Å². The summed E-state index contributed by atoms with van der Waals surface area (Å²) in [6.07, 6.45) is 6.19. The van der Waals surface area contributed by atoms with Gasteiger partial charge in [-0.15, -0.1) is 0 Å². The third-order valence-corrected chi connectivity index (χ3v) is 4.88. The molecule has 0 aromatic heterocycles. The minimum absolute atomic E-state index is 0.197. The second-order valence-corrected chi connectivity index (χ2v) is 6.07. The summed E-state index contributed by atoms with van der Waals surface area (Å²) in [5, 5.41) is 0. The fourth-order valence-corrected chi connectivity index (χ4v) is 3.85. The van der Waals surface area contributed by atoms with Crippen molar-refractivity contribution in [3.05, 3.63) is 29.3 Å². The van der Waals surface area contributed by atoms with Gasteiger partial charge in [0, 0.05) is 23.8 Å². The Morgan fingerprint density at radius 2 is 2.10 bits per heavy atom. The number of anilines is 1. The summed E-state index contributed by atoms with van der Waals surface area (Å²) in [5.74, 6) is 6.34. The first-order valence-electron chi connectivity index (χ1n) is 7.59. The van der Waals surface area contributed by atoms with Crippen LogP contribution in [0.2, 0.25) is 0 Å². The highest BCUT2D eigenvalue weighted by molar-refractivity contribution is 5.96. The molecule has 1 amide bonds. The standard InChI is InChI=1S/C16H23N3O/c1-11-10-13(18-17)7-8-14(11)16(20)19-9-3-5-12-4-2-6-15(12)19/h7-8,10,12,15,18H,2-6,9,17H2,1H3. The molecule has 1 aromatic carbocycles. The number of likely N-dealkylation sites (tertiary alicyclic amines) is 1. The molecular weight excluding hydrogens is 250 g/mol. The second-order valence-electron chi connectivity index (χ2n) is 6.07. The van der Waals surface area contributed by atoms with Crippen LogP contribution in [-0.2, 0) is 0 Å². The molecule has 20 heavy (non-hydrogen) atoms. The number of nitrogens with one attached hydrogen (secondary N) is 1. The Bertz CT molecular complexity index is 514. The van der Waals surface area contributed by atoms with E-state index in [0.717, 1.165) is 35.7 Å². The molecule has 2 unspecified atom stereocenters. The maximum absolute atomic E-state index is 12.8. The smallest absolute Gasteiger partial charge is 0.254 e. The second kappa shape index (κ2) is 5.44. The largest absolute Gasteiger partial charge is 0.335 e. The molecule has 1 aromatic rings. The van der Waals surface area contributed by atoms with Crippen LogP contribution in [0.4, 0.5) is 5.69 Å². The van der Waals surface area contributed by atoms with Gasteiger partial charge >= 0.3 is 0 Å². The number of benzene rings is 1. The topological polar surface area (TPSA) is 58.4 Å². The van der Waals surface area contributed by atoms with Gasteiger partial charge in [0.25, 0.3) is 5.91 Å². The summed E-state index contributed by atoms with van der Waals surface area (Å²) < 4.78 is 0.